The summed E-state index contributed by atoms with van der Waals surface area (Å²) in [6, 6.07) is 1.80. The molecule has 2 rings (SSSR count). The maximum absolute atomic E-state index is 8.74. The summed E-state index contributed by atoms with van der Waals surface area (Å²) in [5.74, 6) is 0.627. The molecule has 0 radical (unpaired) electrons. The van der Waals surface area contributed by atoms with Crippen LogP contribution < -0.4 is 5.73 Å². The van der Waals surface area contributed by atoms with Crippen LogP contribution >= 0.6 is 0 Å². The molecular weight excluding hydrogens is 206 g/mol. The van der Waals surface area contributed by atoms with Gasteiger partial charge in [0.25, 0.3) is 0 Å². The van der Waals surface area contributed by atoms with Crippen LogP contribution in [-0.2, 0) is 0 Å². The first-order valence-corrected chi connectivity index (χ1v) is 4.66. The van der Waals surface area contributed by atoms with Gasteiger partial charge in [-0.3, -0.25) is 4.57 Å². The highest BCUT2D eigenvalue weighted by Gasteiger charge is 2.12. The smallest absolute Gasteiger partial charge is 0.174 e. The lowest BCUT2D eigenvalue weighted by atomic mass is 10.1. The maximum atomic E-state index is 8.74. The van der Waals surface area contributed by atoms with E-state index in [1.54, 1.807) is 35.6 Å². The van der Waals surface area contributed by atoms with Crippen LogP contribution in [-0.4, -0.2) is 25.6 Å². The molecule has 2 aromatic heterocycles. The first kappa shape index (κ1) is 10.2. The summed E-state index contributed by atoms with van der Waals surface area (Å²) in [6.07, 6.45) is 6.66. The van der Waals surface area contributed by atoms with Gasteiger partial charge in [-0.2, -0.15) is 0 Å². The summed E-state index contributed by atoms with van der Waals surface area (Å²) in [5.41, 5.74) is 7.11. The van der Waals surface area contributed by atoms with E-state index in [9.17, 15) is 0 Å². The second kappa shape index (κ2) is 4.01. The van der Waals surface area contributed by atoms with E-state index in [1.807, 2.05) is 6.92 Å². The van der Waals surface area contributed by atoms with Crippen LogP contribution in [0.4, 0.5) is 0 Å². The molecule has 0 aliphatic carbocycles. The number of aromatic nitrogens is 3. The van der Waals surface area contributed by atoms with Crippen LogP contribution in [0.2, 0.25) is 0 Å². The predicted molar refractivity (Wildman–Crippen MR) is 58.6 cm³/mol. The van der Waals surface area contributed by atoms with Gasteiger partial charge in [0, 0.05) is 18.6 Å². The highest BCUT2D eigenvalue weighted by atomic mass is 16.4. The first-order chi connectivity index (χ1) is 7.74. The third-order valence-electron chi connectivity index (χ3n) is 2.25. The predicted octanol–water partition coefficient (Wildman–Crippen LogP) is 0.670. The zero-order valence-corrected chi connectivity index (χ0v) is 8.70. The van der Waals surface area contributed by atoms with Crippen LogP contribution in [0.5, 0.6) is 0 Å². The molecule has 3 N–H and O–H groups in total. The van der Waals surface area contributed by atoms with Gasteiger partial charge >= 0.3 is 0 Å². The number of rotatable bonds is 2. The number of aryl methyl sites for hydroxylation is 1. The molecule has 6 heteroatoms. The Bertz CT molecular complexity index is 518. The number of amidine groups is 1. The molecule has 2 heterocycles. The Morgan fingerprint density at radius 2 is 2.31 bits per heavy atom. The van der Waals surface area contributed by atoms with Gasteiger partial charge in [-0.05, 0) is 18.6 Å². The molecule has 0 bridgehead atoms. The molecule has 0 spiro atoms. The fourth-order valence-electron chi connectivity index (χ4n) is 1.49. The molecule has 16 heavy (non-hydrogen) atoms. The third-order valence-corrected chi connectivity index (χ3v) is 2.25. The Hall–Kier alpha value is -2.37. The SMILES string of the molecule is Cc1ccnc(-n2ccnc2)c1/C(N)=N/O. The highest BCUT2D eigenvalue weighted by molar-refractivity contribution is 6.01. The van der Waals surface area contributed by atoms with Gasteiger partial charge < -0.3 is 10.9 Å². The standard InChI is InChI=1S/C10H11N5O/c1-7-2-3-13-10(8(7)9(11)14-16)15-5-4-12-6-15/h2-6,16H,1H3,(H2,11,14). The van der Waals surface area contributed by atoms with E-state index in [-0.39, 0.29) is 5.84 Å². The quantitative estimate of drug-likeness (QED) is 0.335. The van der Waals surface area contributed by atoms with Gasteiger partial charge in [0.2, 0.25) is 0 Å². The highest BCUT2D eigenvalue weighted by Crippen LogP contribution is 2.15. The average Bonchev–Trinajstić information content (AvgIpc) is 2.81. The summed E-state index contributed by atoms with van der Waals surface area (Å²) in [6.45, 7) is 1.87. The second-order valence-electron chi connectivity index (χ2n) is 3.28. The van der Waals surface area contributed by atoms with Gasteiger partial charge in [0.15, 0.2) is 5.84 Å². The fraction of sp³-hybridized carbons (Fsp3) is 0.100. The summed E-state index contributed by atoms with van der Waals surface area (Å²) in [5, 5.41) is 11.8. The maximum Gasteiger partial charge on any atom is 0.174 e. The van der Waals surface area contributed by atoms with Crippen LogP contribution in [0.1, 0.15) is 11.1 Å². The van der Waals surface area contributed by atoms with Crippen molar-refractivity contribution in [2.24, 2.45) is 10.9 Å². The van der Waals surface area contributed by atoms with E-state index in [4.69, 9.17) is 10.9 Å². The van der Waals surface area contributed by atoms with Crippen molar-refractivity contribution < 1.29 is 5.21 Å². The number of hydrogen-bond donors (Lipinski definition) is 2. The van der Waals surface area contributed by atoms with Gasteiger partial charge in [-0.25, -0.2) is 9.97 Å². The molecule has 0 fully saturated rings. The largest absolute Gasteiger partial charge is 0.409 e. The Morgan fingerprint density at radius 3 is 2.94 bits per heavy atom. The molecule has 0 saturated carbocycles. The molecule has 0 atom stereocenters. The van der Waals surface area contributed by atoms with Crippen molar-refractivity contribution in [1.82, 2.24) is 14.5 Å². The topological polar surface area (TPSA) is 89.3 Å². The van der Waals surface area contributed by atoms with Crippen LogP contribution in [0.3, 0.4) is 0 Å². The van der Waals surface area contributed by atoms with Crippen LogP contribution in [0, 0.1) is 6.92 Å². The average molecular weight is 217 g/mol. The van der Waals surface area contributed by atoms with Crippen molar-refractivity contribution in [3.05, 3.63) is 42.1 Å². The van der Waals surface area contributed by atoms with Crippen molar-refractivity contribution in [3.8, 4) is 5.82 Å². The Labute approximate surface area is 92.1 Å². The molecule has 0 aromatic carbocycles. The van der Waals surface area contributed by atoms with E-state index < -0.39 is 0 Å². The zero-order valence-electron chi connectivity index (χ0n) is 8.70. The lowest BCUT2D eigenvalue weighted by Gasteiger charge is -2.10. The number of oxime groups is 1. The molecule has 0 unspecified atom stereocenters. The van der Waals surface area contributed by atoms with Crippen LogP contribution in [0.25, 0.3) is 5.82 Å². The first-order valence-electron chi connectivity index (χ1n) is 4.66. The normalized spacial score (nSPS) is 11.7. The summed E-state index contributed by atoms with van der Waals surface area (Å²) < 4.78 is 1.71. The molecule has 0 aliphatic heterocycles. The van der Waals surface area contributed by atoms with E-state index in [0.717, 1.165) is 5.56 Å². The summed E-state index contributed by atoms with van der Waals surface area (Å²) in [7, 11) is 0. The zero-order chi connectivity index (χ0) is 11.5. The number of imidazole rings is 1. The lowest BCUT2D eigenvalue weighted by molar-refractivity contribution is 0.318. The minimum Gasteiger partial charge on any atom is -0.409 e. The monoisotopic (exact) mass is 217 g/mol. The van der Waals surface area contributed by atoms with Gasteiger partial charge in [-0.1, -0.05) is 5.16 Å². The molecule has 6 nitrogen and oxygen atoms in total. The molecular formula is C10H11N5O. The number of nitrogens with zero attached hydrogens (tertiary/aromatic N) is 4. The minimum absolute atomic E-state index is 0.0364. The Morgan fingerprint density at radius 1 is 1.50 bits per heavy atom. The van der Waals surface area contributed by atoms with Crippen molar-refractivity contribution in [2.75, 3.05) is 0 Å². The number of pyridine rings is 1. The van der Waals surface area contributed by atoms with Gasteiger partial charge in [0.05, 0.1) is 5.56 Å². The van der Waals surface area contributed by atoms with Crippen molar-refractivity contribution in [3.63, 3.8) is 0 Å². The fourth-order valence-corrected chi connectivity index (χ4v) is 1.49. The summed E-state index contributed by atoms with van der Waals surface area (Å²) in [4.78, 5) is 8.14. The Balaban J connectivity index is 2.67. The van der Waals surface area contributed by atoms with Gasteiger partial charge in [0.1, 0.15) is 12.1 Å². The van der Waals surface area contributed by atoms with Crippen LogP contribution in [0.15, 0.2) is 36.1 Å². The number of nitrogens with two attached hydrogens (primary N) is 1. The lowest BCUT2D eigenvalue weighted by Crippen LogP contribution is -2.18. The molecule has 82 valence electrons. The van der Waals surface area contributed by atoms with Crippen molar-refractivity contribution in [1.29, 1.82) is 0 Å². The second-order valence-corrected chi connectivity index (χ2v) is 3.28. The molecule has 0 saturated heterocycles. The van der Waals surface area contributed by atoms with Crippen molar-refractivity contribution in [2.45, 2.75) is 6.92 Å². The molecule has 0 aliphatic rings. The third kappa shape index (κ3) is 1.60. The van der Waals surface area contributed by atoms with Crippen molar-refractivity contribution >= 4 is 5.84 Å². The minimum atomic E-state index is 0.0364. The van der Waals surface area contributed by atoms with E-state index in [1.165, 1.54) is 0 Å². The van der Waals surface area contributed by atoms with E-state index in [0.29, 0.717) is 11.4 Å². The summed E-state index contributed by atoms with van der Waals surface area (Å²) >= 11 is 0. The van der Waals surface area contributed by atoms with E-state index >= 15 is 0 Å². The van der Waals surface area contributed by atoms with E-state index in [2.05, 4.69) is 15.1 Å². The number of hydrogen-bond acceptors (Lipinski definition) is 4. The molecule has 2 aromatic rings. The van der Waals surface area contributed by atoms with Gasteiger partial charge in [-0.15, -0.1) is 0 Å². The molecule has 0 amide bonds. The Kier molecular flexibility index (Phi) is 2.55.